The fourth-order valence-electron chi connectivity index (χ4n) is 3.67. The maximum absolute atomic E-state index is 13.2. The molecule has 0 radical (unpaired) electrons. The number of amides is 4. The zero-order valence-corrected chi connectivity index (χ0v) is 20.4. The minimum Gasteiger partial charge on any atom is -0.356 e. The number of nitrogens with one attached hydrogen (secondary N) is 3. The molecule has 192 valence electrons. The number of halogens is 3. The van der Waals surface area contributed by atoms with Crippen molar-refractivity contribution in [3.05, 3.63) is 0 Å². The highest BCUT2D eigenvalue weighted by Crippen LogP contribution is 2.25. The van der Waals surface area contributed by atoms with Gasteiger partial charge in [0.05, 0.1) is 6.07 Å². The van der Waals surface area contributed by atoms with Gasteiger partial charge in [-0.05, 0) is 30.6 Å². The molecule has 0 spiro atoms. The first-order chi connectivity index (χ1) is 15.5. The number of carbonyl (C=O) groups is 4. The first-order valence-corrected chi connectivity index (χ1v) is 11.1. The van der Waals surface area contributed by atoms with Gasteiger partial charge in [-0.3, -0.25) is 19.2 Å². The second-order valence-corrected chi connectivity index (χ2v) is 10.1. The summed E-state index contributed by atoms with van der Waals surface area (Å²) in [6, 6.07) is -1.69. The lowest BCUT2D eigenvalue weighted by Crippen LogP contribution is -2.60. The molecule has 0 aromatic heterocycles. The number of hydrogen-bond donors (Lipinski definition) is 3. The molecule has 0 aromatic carbocycles. The van der Waals surface area contributed by atoms with Crippen LogP contribution in [0.3, 0.4) is 0 Å². The molecule has 4 amide bonds. The third-order valence-corrected chi connectivity index (χ3v) is 5.61. The molecule has 9 nitrogen and oxygen atoms in total. The van der Waals surface area contributed by atoms with E-state index in [1.807, 2.05) is 6.07 Å². The minimum absolute atomic E-state index is 0.0787. The maximum Gasteiger partial charge on any atom is 0.471 e. The lowest BCUT2D eigenvalue weighted by molar-refractivity contribution is -0.176. The lowest BCUT2D eigenvalue weighted by atomic mass is 9.85. The standard InChI is InChI=1S/C22H34F3N5O4/c1-12(2)9-15(18(32)28-14(11-26)10-13-7-8-27-17(13)31)30(6)19(33)16(21(3,4)5)29-20(34)22(23,24)25/h12-16H,7-10H2,1-6H3,(H,27,31)(H,28,32)(H,29,34)/t13-,14-,15-,16?/m0/s1. The van der Waals surface area contributed by atoms with Crippen LogP contribution in [0.5, 0.6) is 0 Å². The van der Waals surface area contributed by atoms with Crippen LogP contribution in [0.15, 0.2) is 0 Å². The van der Waals surface area contributed by atoms with Crippen molar-refractivity contribution in [3.8, 4) is 6.07 Å². The van der Waals surface area contributed by atoms with Crippen LogP contribution in [0, 0.1) is 28.6 Å². The van der Waals surface area contributed by atoms with Gasteiger partial charge in [-0.2, -0.15) is 18.4 Å². The molecule has 1 fully saturated rings. The summed E-state index contributed by atoms with van der Waals surface area (Å²) in [5, 5.41) is 16.4. The molecule has 1 aliphatic heterocycles. The molecule has 0 saturated carbocycles. The van der Waals surface area contributed by atoms with E-state index in [9.17, 15) is 37.6 Å². The largest absolute Gasteiger partial charge is 0.471 e. The van der Waals surface area contributed by atoms with Gasteiger partial charge < -0.3 is 20.9 Å². The molecule has 12 heteroatoms. The fourth-order valence-corrected chi connectivity index (χ4v) is 3.67. The number of nitrogens with zero attached hydrogens (tertiary/aromatic N) is 2. The van der Waals surface area contributed by atoms with E-state index < -0.39 is 53.4 Å². The van der Waals surface area contributed by atoms with Gasteiger partial charge in [-0.25, -0.2) is 0 Å². The molecule has 1 aliphatic rings. The van der Waals surface area contributed by atoms with E-state index in [2.05, 4.69) is 10.6 Å². The Morgan fingerprint density at radius 1 is 1.21 bits per heavy atom. The van der Waals surface area contributed by atoms with E-state index in [4.69, 9.17) is 0 Å². The van der Waals surface area contributed by atoms with Gasteiger partial charge in [-0.15, -0.1) is 0 Å². The average molecular weight is 490 g/mol. The van der Waals surface area contributed by atoms with Crippen LogP contribution in [0.25, 0.3) is 0 Å². The summed E-state index contributed by atoms with van der Waals surface area (Å²) in [5.41, 5.74) is -1.09. The maximum atomic E-state index is 13.2. The lowest BCUT2D eigenvalue weighted by Gasteiger charge is -2.37. The zero-order valence-electron chi connectivity index (χ0n) is 20.4. The Kier molecular flexibility index (Phi) is 9.90. The Bertz CT molecular complexity index is 817. The third kappa shape index (κ3) is 8.18. The summed E-state index contributed by atoms with van der Waals surface area (Å²) in [7, 11) is 1.28. The van der Waals surface area contributed by atoms with Crippen molar-refractivity contribution < 1.29 is 32.3 Å². The number of alkyl halides is 3. The molecule has 34 heavy (non-hydrogen) atoms. The van der Waals surface area contributed by atoms with E-state index >= 15 is 0 Å². The normalized spacial score (nSPS) is 19.0. The summed E-state index contributed by atoms with van der Waals surface area (Å²) in [4.78, 5) is 50.7. The summed E-state index contributed by atoms with van der Waals surface area (Å²) in [6.45, 7) is 8.58. The predicted molar refractivity (Wildman–Crippen MR) is 117 cm³/mol. The predicted octanol–water partition coefficient (Wildman–Crippen LogP) is 1.49. The smallest absolute Gasteiger partial charge is 0.356 e. The van der Waals surface area contributed by atoms with Crippen LogP contribution in [0.1, 0.15) is 53.9 Å². The van der Waals surface area contributed by atoms with E-state index in [0.29, 0.717) is 13.0 Å². The highest BCUT2D eigenvalue weighted by Gasteiger charge is 2.45. The molecule has 4 atom stereocenters. The van der Waals surface area contributed by atoms with E-state index in [1.54, 1.807) is 19.2 Å². The van der Waals surface area contributed by atoms with Gasteiger partial charge in [0, 0.05) is 19.5 Å². The Balaban J connectivity index is 3.10. The van der Waals surface area contributed by atoms with E-state index in [0.717, 1.165) is 4.90 Å². The molecule has 0 aliphatic carbocycles. The van der Waals surface area contributed by atoms with Crippen LogP contribution < -0.4 is 16.0 Å². The second-order valence-electron chi connectivity index (χ2n) is 10.1. The van der Waals surface area contributed by atoms with Crippen molar-refractivity contribution in [3.63, 3.8) is 0 Å². The molecule has 3 N–H and O–H groups in total. The van der Waals surface area contributed by atoms with Crippen molar-refractivity contribution in [1.29, 1.82) is 5.26 Å². The number of nitriles is 1. The molecule has 0 aromatic rings. The van der Waals surface area contributed by atoms with Crippen molar-refractivity contribution in [2.24, 2.45) is 17.3 Å². The SMILES string of the molecule is CC(C)C[C@@H](C(=O)N[C@H](C#N)C[C@@H]1CCNC1=O)N(C)C(=O)C(NC(=O)C(F)(F)F)C(C)(C)C. The molecular formula is C22H34F3N5O4. The quantitative estimate of drug-likeness (QED) is 0.452. The Hall–Kier alpha value is -2.84. The molecular weight excluding hydrogens is 455 g/mol. The highest BCUT2D eigenvalue weighted by atomic mass is 19.4. The number of likely N-dealkylation sites (N-methyl/N-ethyl adjacent to an activating group) is 1. The Morgan fingerprint density at radius 2 is 1.79 bits per heavy atom. The van der Waals surface area contributed by atoms with Crippen molar-refractivity contribution in [2.75, 3.05) is 13.6 Å². The average Bonchev–Trinajstić information content (AvgIpc) is 3.10. The summed E-state index contributed by atoms with van der Waals surface area (Å²) >= 11 is 0. The topological polar surface area (TPSA) is 131 Å². The van der Waals surface area contributed by atoms with Gasteiger partial charge in [0.1, 0.15) is 18.1 Å². The molecule has 1 rings (SSSR count). The second kappa shape index (κ2) is 11.5. The summed E-state index contributed by atoms with van der Waals surface area (Å²) < 4.78 is 38.5. The monoisotopic (exact) mass is 489 g/mol. The number of carbonyl (C=O) groups excluding carboxylic acids is 4. The van der Waals surface area contributed by atoms with Gasteiger partial charge >= 0.3 is 12.1 Å². The van der Waals surface area contributed by atoms with Crippen LogP contribution in [-0.4, -0.2) is 66.4 Å². The number of hydrogen-bond acceptors (Lipinski definition) is 5. The zero-order chi connectivity index (χ0) is 26.4. The van der Waals surface area contributed by atoms with Crippen LogP contribution in [0.2, 0.25) is 0 Å². The summed E-state index contributed by atoms with van der Waals surface area (Å²) in [5.74, 6) is -4.48. The molecule has 1 saturated heterocycles. The molecule has 1 unspecified atom stereocenters. The first kappa shape index (κ1) is 29.2. The van der Waals surface area contributed by atoms with Gasteiger partial charge in [0.2, 0.25) is 17.7 Å². The first-order valence-electron chi connectivity index (χ1n) is 11.1. The van der Waals surface area contributed by atoms with Crippen LogP contribution >= 0.6 is 0 Å². The van der Waals surface area contributed by atoms with Crippen molar-refractivity contribution in [1.82, 2.24) is 20.9 Å². The highest BCUT2D eigenvalue weighted by molar-refractivity contribution is 5.93. The van der Waals surface area contributed by atoms with Gasteiger partial charge in [-0.1, -0.05) is 34.6 Å². The van der Waals surface area contributed by atoms with Crippen LogP contribution in [0.4, 0.5) is 13.2 Å². The van der Waals surface area contributed by atoms with Gasteiger partial charge in [0.25, 0.3) is 0 Å². The molecule has 0 bridgehead atoms. The third-order valence-electron chi connectivity index (χ3n) is 5.61. The van der Waals surface area contributed by atoms with Crippen molar-refractivity contribution in [2.45, 2.75) is 78.2 Å². The summed E-state index contributed by atoms with van der Waals surface area (Å²) in [6.07, 6.45) is -4.37. The van der Waals surface area contributed by atoms with Gasteiger partial charge in [0.15, 0.2) is 0 Å². The fraction of sp³-hybridized carbons (Fsp3) is 0.773. The Labute approximate surface area is 197 Å². The molecule has 1 heterocycles. The number of rotatable bonds is 9. The van der Waals surface area contributed by atoms with E-state index in [-0.39, 0.29) is 24.7 Å². The van der Waals surface area contributed by atoms with E-state index in [1.165, 1.54) is 27.8 Å². The van der Waals surface area contributed by atoms with Crippen LogP contribution in [-0.2, 0) is 19.2 Å². The minimum atomic E-state index is -5.18. The van der Waals surface area contributed by atoms with Crippen molar-refractivity contribution >= 4 is 23.6 Å². The Morgan fingerprint density at radius 3 is 2.21 bits per heavy atom.